The smallest absolute Gasteiger partial charge is 0.305 e. The van der Waals surface area contributed by atoms with Crippen LogP contribution in [0.25, 0.3) is 10.2 Å². The van der Waals surface area contributed by atoms with E-state index < -0.39 is 10.1 Å². The van der Waals surface area contributed by atoms with Gasteiger partial charge >= 0.3 is 4.87 Å². The number of rotatable bonds is 1. The number of hydrogen-bond acceptors (Lipinski definition) is 5. The Morgan fingerprint density at radius 3 is 2.71 bits per heavy atom. The van der Waals surface area contributed by atoms with E-state index in [1.807, 2.05) is 0 Å². The second kappa shape index (κ2) is 2.91. The Hall–Kier alpha value is -1.18. The monoisotopic (exact) mass is 230 g/mol. The van der Waals surface area contributed by atoms with Crippen molar-refractivity contribution in [3.63, 3.8) is 0 Å². The summed E-state index contributed by atoms with van der Waals surface area (Å²) in [6.07, 6.45) is 0. The van der Waals surface area contributed by atoms with Gasteiger partial charge in [0.2, 0.25) is 0 Å². The predicted molar refractivity (Wildman–Crippen MR) is 50.4 cm³/mol. The molecule has 0 aliphatic rings. The van der Waals surface area contributed by atoms with Crippen LogP contribution in [0.2, 0.25) is 0 Å². The van der Waals surface area contributed by atoms with E-state index in [0.29, 0.717) is 10.2 Å². The van der Waals surface area contributed by atoms with Crippen molar-refractivity contribution in [3.8, 4) is 0 Å². The van der Waals surface area contributed by atoms with Gasteiger partial charge in [-0.25, -0.2) is 8.42 Å². The summed E-state index contributed by atoms with van der Waals surface area (Å²) in [5.74, 6) is 0. The van der Waals surface area contributed by atoms with E-state index in [4.69, 9.17) is 0 Å². The Labute approximate surface area is 82.8 Å². The molecule has 7 heteroatoms. The van der Waals surface area contributed by atoms with Crippen LogP contribution in [0.5, 0.6) is 0 Å². The summed E-state index contributed by atoms with van der Waals surface area (Å²) in [7, 11) is -4.44. The molecule has 1 N–H and O–H groups in total. The largest absolute Gasteiger partial charge is 0.744 e. The third-order valence-electron chi connectivity index (χ3n) is 1.68. The van der Waals surface area contributed by atoms with E-state index >= 15 is 0 Å². The van der Waals surface area contributed by atoms with E-state index in [-0.39, 0.29) is 9.77 Å². The molecule has 0 amide bonds. The SMILES string of the molecule is O=c1[nH]c2ccc(S(=O)(=O)[O-])cc2s1. The van der Waals surface area contributed by atoms with Crippen molar-refractivity contribution in [1.82, 2.24) is 4.98 Å². The van der Waals surface area contributed by atoms with Crippen molar-refractivity contribution < 1.29 is 13.0 Å². The standard InChI is InChI=1S/C7H5NO4S2/c9-7-8-5-2-1-4(14(10,11)12)3-6(5)13-7/h1-3H,(H,8,9)(H,10,11,12)/p-1. The van der Waals surface area contributed by atoms with Gasteiger partial charge in [-0.1, -0.05) is 11.3 Å². The molecule has 0 aliphatic carbocycles. The molecule has 0 saturated heterocycles. The van der Waals surface area contributed by atoms with Crippen molar-refractivity contribution in [2.45, 2.75) is 4.90 Å². The number of aromatic nitrogens is 1. The molecule has 5 nitrogen and oxygen atoms in total. The third-order valence-corrected chi connectivity index (χ3v) is 3.36. The van der Waals surface area contributed by atoms with Gasteiger partial charge in [-0.2, -0.15) is 0 Å². The zero-order valence-electron chi connectivity index (χ0n) is 6.68. The minimum atomic E-state index is -4.44. The van der Waals surface area contributed by atoms with E-state index in [9.17, 15) is 17.8 Å². The highest BCUT2D eigenvalue weighted by Gasteiger charge is 2.04. The van der Waals surface area contributed by atoms with Gasteiger partial charge in [-0.3, -0.25) is 4.79 Å². The molecule has 74 valence electrons. The highest BCUT2D eigenvalue weighted by atomic mass is 32.2. The van der Waals surface area contributed by atoms with E-state index in [0.717, 1.165) is 11.3 Å². The molecule has 0 saturated carbocycles. The van der Waals surface area contributed by atoms with Crippen LogP contribution in [-0.2, 0) is 10.1 Å². The number of thiazole rings is 1. The lowest BCUT2D eigenvalue weighted by atomic mass is 10.3. The van der Waals surface area contributed by atoms with Crippen LogP contribution in [-0.4, -0.2) is 18.0 Å². The van der Waals surface area contributed by atoms with Gasteiger partial charge in [0.1, 0.15) is 10.1 Å². The maximum absolute atomic E-state index is 10.9. The zero-order valence-corrected chi connectivity index (χ0v) is 8.31. The molecule has 1 heterocycles. The first kappa shape index (κ1) is 9.38. The Balaban J connectivity index is 2.80. The molecule has 1 aromatic heterocycles. The van der Waals surface area contributed by atoms with E-state index in [2.05, 4.69) is 4.98 Å². The molecule has 0 spiro atoms. The van der Waals surface area contributed by atoms with Gasteiger partial charge < -0.3 is 9.54 Å². The average molecular weight is 230 g/mol. The zero-order chi connectivity index (χ0) is 10.3. The molecule has 0 bridgehead atoms. The predicted octanol–water partition coefficient (Wildman–Crippen LogP) is 0.494. The van der Waals surface area contributed by atoms with Gasteiger partial charge in [0.15, 0.2) is 0 Å². The van der Waals surface area contributed by atoms with Crippen molar-refractivity contribution in [3.05, 3.63) is 27.9 Å². The molecule has 2 rings (SSSR count). The molecule has 0 atom stereocenters. The number of benzene rings is 1. The van der Waals surface area contributed by atoms with Gasteiger partial charge in [0.25, 0.3) is 0 Å². The lowest BCUT2D eigenvalue weighted by molar-refractivity contribution is 0.463. The number of aromatic amines is 1. The fraction of sp³-hybridized carbons (Fsp3) is 0. The molecule has 2 aromatic rings. The van der Waals surface area contributed by atoms with Crippen molar-refractivity contribution >= 4 is 31.7 Å². The highest BCUT2D eigenvalue weighted by Crippen LogP contribution is 2.18. The van der Waals surface area contributed by atoms with Gasteiger partial charge in [-0.15, -0.1) is 0 Å². The lowest BCUT2D eigenvalue weighted by Crippen LogP contribution is -1.97. The molecular formula is C7H4NO4S2-. The summed E-state index contributed by atoms with van der Waals surface area (Å²) in [6, 6.07) is 3.77. The summed E-state index contributed by atoms with van der Waals surface area (Å²) in [4.78, 5) is 12.8. The van der Waals surface area contributed by atoms with Crippen molar-refractivity contribution in [2.75, 3.05) is 0 Å². The quantitative estimate of drug-likeness (QED) is 0.722. The third kappa shape index (κ3) is 1.57. The maximum Gasteiger partial charge on any atom is 0.305 e. The average Bonchev–Trinajstić information content (AvgIpc) is 2.41. The number of H-pyrrole nitrogens is 1. The summed E-state index contributed by atoms with van der Waals surface area (Å²) in [6.45, 7) is 0. The topological polar surface area (TPSA) is 90.1 Å². The molecule has 0 fully saturated rings. The summed E-state index contributed by atoms with van der Waals surface area (Å²) < 4.78 is 32.4. The van der Waals surface area contributed by atoms with Crippen molar-refractivity contribution in [1.29, 1.82) is 0 Å². The van der Waals surface area contributed by atoms with Crippen LogP contribution < -0.4 is 4.87 Å². The van der Waals surface area contributed by atoms with E-state index in [1.54, 1.807) is 0 Å². The minimum Gasteiger partial charge on any atom is -0.744 e. The second-order valence-corrected chi connectivity index (χ2v) is 5.02. The van der Waals surface area contributed by atoms with Crippen LogP contribution in [0.15, 0.2) is 27.9 Å². The molecule has 0 unspecified atom stereocenters. The lowest BCUT2D eigenvalue weighted by Gasteiger charge is -2.05. The fourth-order valence-electron chi connectivity index (χ4n) is 1.08. The Morgan fingerprint density at radius 1 is 1.36 bits per heavy atom. The number of fused-ring (bicyclic) bond motifs is 1. The molecule has 14 heavy (non-hydrogen) atoms. The first-order valence-corrected chi connectivity index (χ1v) is 5.78. The molecule has 0 radical (unpaired) electrons. The first-order valence-electron chi connectivity index (χ1n) is 3.55. The van der Waals surface area contributed by atoms with Crippen molar-refractivity contribution in [2.24, 2.45) is 0 Å². The molecule has 0 aliphatic heterocycles. The molecule has 1 aromatic carbocycles. The summed E-state index contributed by atoms with van der Waals surface area (Å²) in [5, 5.41) is 0. The highest BCUT2D eigenvalue weighted by molar-refractivity contribution is 7.85. The Bertz CT molecular complexity index is 637. The first-order chi connectivity index (χ1) is 6.47. The van der Waals surface area contributed by atoms with Crippen LogP contribution in [0.4, 0.5) is 0 Å². The normalized spacial score (nSPS) is 12.1. The van der Waals surface area contributed by atoms with Crippen LogP contribution >= 0.6 is 11.3 Å². The van der Waals surface area contributed by atoms with Gasteiger partial charge in [0.05, 0.1) is 15.1 Å². The number of nitrogens with one attached hydrogen (secondary N) is 1. The van der Waals surface area contributed by atoms with Crippen LogP contribution in [0.3, 0.4) is 0 Å². The Morgan fingerprint density at radius 2 is 2.07 bits per heavy atom. The van der Waals surface area contributed by atoms with Crippen LogP contribution in [0.1, 0.15) is 0 Å². The fourth-order valence-corrected chi connectivity index (χ4v) is 2.43. The van der Waals surface area contributed by atoms with Crippen LogP contribution in [0, 0.1) is 0 Å². The Kier molecular flexibility index (Phi) is 1.95. The van der Waals surface area contributed by atoms with E-state index in [1.165, 1.54) is 18.2 Å². The van der Waals surface area contributed by atoms with Gasteiger partial charge in [0, 0.05) is 0 Å². The number of hydrogen-bond donors (Lipinski definition) is 1. The van der Waals surface area contributed by atoms with Gasteiger partial charge in [-0.05, 0) is 18.2 Å². The second-order valence-electron chi connectivity index (χ2n) is 2.63. The summed E-state index contributed by atoms with van der Waals surface area (Å²) >= 11 is 0.868. The molecular weight excluding hydrogens is 226 g/mol. The summed E-state index contributed by atoms with van der Waals surface area (Å²) in [5.41, 5.74) is 0.535. The minimum absolute atomic E-state index is 0.277. The maximum atomic E-state index is 10.9.